The molecular formula is C13H11BrN2O4. The van der Waals surface area contributed by atoms with Crippen LogP contribution in [0.3, 0.4) is 0 Å². The molecule has 1 aromatic carbocycles. The van der Waals surface area contributed by atoms with Gasteiger partial charge < -0.3 is 9.72 Å². The SMILES string of the molecule is COc1ccc(-n2c(=O)[nH]cc(C(C)=O)c2=O)cc1Br. The summed E-state index contributed by atoms with van der Waals surface area (Å²) in [6.07, 6.45) is 1.13. The van der Waals surface area contributed by atoms with E-state index in [9.17, 15) is 14.4 Å². The Morgan fingerprint density at radius 3 is 2.60 bits per heavy atom. The number of Topliss-reactive ketones (excluding diaryl/α,β-unsaturated/α-hetero) is 1. The number of H-pyrrole nitrogens is 1. The van der Waals surface area contributed by atoms with Crippen molar-refractivity contribution in [1.29, 1.82) is 0 Å². The molecule has 0 unspecified atom stereocenters. The lowest BCUT2D eigenvalue weighted by atomic mass is 10.2. The van der Waals surface area contributed by atoms with E-state index in [1.165, 1.54) is 14.0 Å². The van der Waals surface area contributed by atoms with Crippen LogP contribution in [0, 0.1) is 0 Å². The Hall–Kier alpha value is -2.15. The fourth-order valence-electron chi connectivity index (χ4n) is 1.75. The molecule has 0 radical (unpaired) electrons. The van der Waals surface area contributed by atoms with Crippen LogP contribution in [0.4, 0.5) is 0 Å². The van der Waals surface area contributed by atoms with E-state index in [1.54, 1.807) is 18.2 Å². The number of carbonyl (C=O) groups excluding carboxylic acids is 1. The number of aromatic amines is 1. The minimum Gasteiger partial charge on any atom is -0.496 e. The standard InChI is InChI=1S/C13H11BrN2O4/c1-7(17)9-6-15-13(19)16(12(9)18)8-3-4-11(20-2)10(14)5-8/h3-6H,1-2H3,(H,15,19). The van der Waals surface area contributed by atoms with E-state index < -0.39 is 17.0 Å². The minimum atomic E-state index is -0.654. The minimum absolute atomic E-state index is 0.0726. The second-order valence-electron chi connectivity index (χ2n) is 4.02. The van der Waals surface area contributed by atoms with Crippen LogP contribution < -0.4 is 16.0 Å². The quantitative estimate of drug-likeness (QED) is 0.860. The summed E-state index contributed by atoms with van der Waals surface area (Å²) in [6.45, 7) is 1.27. The summed E-state index contributed by atoms with van der Waals surface area (Å²) in [5, 5.41) is 0. The van der Waals surface area contributed by atoms with Crippen LogP contribution >= 0.6 is 15.9 Å². The topological polar surface area (TPSA) is 81.2 Å². The number of methoxy groups -OCH3 is 1. The Balaban J connectivity index is 2.73. The number of carbonyl (C=O) groups is 1. The van der Waals surface area contributed by atoms with Crippen LogP contribution in [0.2, 0.25) is 0 Å². The molecule has 7 heteroatoms. The zero-order chi connectivity index (χ0) is 14.9. The van der Waals surface area contributed by atoms with Gasteiger partial charge in [0.1, 0.15) is 5.75 Å². The molecule has 0 amide bonds. The summed E-state index contributed by atoms with van der Waals surface area (Å²) >= 11 is 3.28. The Bertz CT molecular complexity index is 792. The number of ketones is 1. The summed E-state index contributed by atoms with van der Waals surface area (Å²) in [4.78, 5) is 37.7. The fraction of sp³-hybridized carbons (Fsp3) is 0.154. The number of rotatable bonds is 3. The van der Waals surface area contributed by atoms with Gasteiger partial charge in [-0.25, -0.2) is 9.36 Å². The third kappa shape index (κ3) is 2.44. The number of hydrogen-bond acceptors (Lipinski definition) is 4. The smallest absolute Gasteiger partial charge is 0.333 e. The van der Waals surface area contributed by atoms with Crippen molar-refractivity contribution in [2.45, 2.75) is 6.92 Å². The van der Waals surface area contributed by atoms with Crippen LogP contribution in [0.25, 0.3) is 5.69 Å². The molecule has 1 heterocycles. The first-order chi connectivity index (χ1) is 9.45. The van der Waals surface area contributed by atoms with Crippen LogP contribution in [0.5, 0.6) is 5.75 Å². The Morgan fingerprint density at radius 1 is 1.35 bits per heavy atom. The average Bonchev–Trinajstić information content (AvgIpc) is 2.38. The lowest BCUT2D eigenvalue weighted by molar-refractivity contribution is 0.101. The Labute approximate surface area is 122 Å². The molecule has 104 valence electrons. The second kappa shape index (κ2) is 5.46. The van der Waals surface area contributed by atoms with Gasteiger partial charge in [-0.1, -0.05) is 0 Å². The van der Waals surface area contributed by atoms with Crippen LogP contribution in [-0.4, -0.2) is 22.4 Å². The number of hydrogen-bond donors (Lipinski definition) is 1. The Kier molecular flexibility index (Phi) is 3.89. The van der Waals surface area contributed by atoms with E-state index in [0.29, 0.717) is 15.9 Å². The number of nitrogens with one attached hydrogen (secondary N) is 1. The first-order valence-corrected chi connectivity index (χ1v) is 6.44. The number of ether oxygens (including phenoxy) is 1. The fourth-order valence-corrected chi connectivity index (χ4v) is 2.28. The van der Waals surface area contributed by atoms with Crippen molar-refractivity contribution in [2.24, 2.45) is 0 Å². The highest BCUT2D eigenvalue weighted by molar-refractivity contribution is 9.10. The van der Waals surface area contributed by atoms with Gasteiger partial charge in [-0.15, -0.1) is 0 Å². The van der Waals surface area contributed by atoms with E-state index in [4.69, 9.17) is 4.74 Å². The second-order valence-corrected chi connectivity index (χ2v) is 4.88. The first-order valence-electron chi connectivity index (χ1n) is 5.65. The van der Waals surface area contributed by atoms with E-state index in [2.05, 4.69) is 20.9 Å². The van der Waals surface area contributed by atoms with Crippen molar-refractivity contribution in [3.8, 4) is 11.4 Å². The predicted octanol–water partition coefficient (Wildman–Crippen LogP) is 1.50. The summed E-state index contributed by atoms with van der Waals surface area (Å²) in [6, 6.07) is 4.75. The maximum atomic E-state index is 12.2. The highest BCUT2D eigenvalue weighted by atomic mass is 79.9. The van der Waals surface area contributed by atoms with Gasteiger partial charge in [0.05, 0.1) is 22.8 Å². The van der Waals surface area contributed by atoms with Gasteiger partial charge in [-0.05, 0) is 41.1 Å². The zero-order valence-corrected chi connectivity index (χ0v) is 12.4. The molecule has 1 aromatic heterocycles. The molecule has 0 saturated heterocycles. The molecule has 0 bridgehead atoms. The van der Waals surface area contributed by atoms with Gasteiger partial charge in [-0.2, -0.15) is 0 Å². The molecule has 0 fully saturated rings. The summed E-state index contributed by atoms with van der Waals surface area (Å²) in [7, 11) is 1.51. The van der Waals surface area contributed by atoms with Gasteiger partial charge >= 0.3 is 5.69 Å². The molecule has 0 saturated carbocycles. The number of aromatic nitrogens is 2. The Morgan fingerprint density at radius 2 is 2.05 bits per heavy atom. The van der Waals surface area contributed by atoms with Crippen LogP contribution in [0.15, 0.2) is 38.5 Å². The van der Waals surface area contributed by atoms with Crippen molar-refractivity contribution in [2.75, 3.05) is 7.11 Å². The van der Waals surface area contributed by atoms with E-state index in [0.717, 1.165) is 10.8 Å². The molecule has 0 aliphatic rings. The van der Waals surface area contributed by atoms with Crippen LogP contribution in [-0.2, 0) is 0 Å². The van der Waals surface area contributed by atoms with Crippen molar-refractivity contribution in [1.82, 2.24) is 9.55 Å². The summed E-state index contributed by atoms with van der Waals surface area (Å²) < 4.78 is 6.58. The molecule has 0 atom stereocenters. The molecule has 0 aliphatic heterocycles. The third-order valence-corrected chi connectivity index (χ3v) is 3.37. The largest absolute Gasteiger partial charge is 0.496 e. The van der Waals surface area contributed by atoms with Gasteiger partial charge in [0.25, 0.3) is 5.56 Å². The molecular weight excluding hydrogens is 328 g/mol. The van der Waals surface area contributed by atoms with E-state index in [1.807, 2.05) is 0 Å². The predicted molar refractivity (Wildman–Crippen MR) is 76.9 cm³/mol. The molecule has 0 aliphatic carbocycles. The molecule has 2 aromatic rings. The van der Waals surface area contributed by atoms with Gasteiger partial charge in [0, 0.05) is 6.20 Å². The average molecular weight is 339 g/mol. The molecule has 0 spiro atoms. The number of halogens is 1. The van der Waals surface area contributed by atoms with Crippen molar-refractivity contribution in [3.05, 3.63) is 55.3 Å². The summed E-state index contributed by atoms with van der Waals surface area (Å²) in [5.41, 5.74) is -1.00. The van der Waals surface area contributed by atoms with Gasteiger partial charge in [0.15, 0.2) is 5.78 Å². The summed E-state index contributed by atoms with van der Waals surface area (Å²) in [5.74, 6) is 0.161. The van der Waals surface area contributed by atoms with Crippen molar-refractivity contribution >= 4 is 21.7 Å². The van der Waals surface area contributed by atoms with Gasteiger partial charge in [0.2, 0.25) is 0 Å². The molecule has 20 heavy (non-hydrogen) atoms. The van der Waals surface area contributed by atoms with Crippen LogP contribution in [0.1, 0.15) is 17.3 Å². The number of nitrogens with zero attached hydrogens (tertiary/aromatic N) is 1. The lowest BCUT2D eigenvalue weighted by Gasteiger charge is -2.08. The monoisotopic (exact) mass is 338 g/mol. The molecule has 2 rings (SSSR count). The van der Waals surface area contributed by atoms with Crippen molar-refractivity contribution < 1.29 is 9.53 Å². The number of benzene rings is 1. The first kappa shape index (κ1) is 14.3. The van der Waals surface area contributed by atoms with Gasteiger partial charge in [-0.3, -0.25) is 9.59 Å². The lowest BCUT2D eigenvalue weighted by Crippen LogP contribution is -2.36. The maximum Gasteiger partial charge on any atom is 0.333 e. The van der Waals surface area contributed by atoms with E-state index in [-0.39, 0.29) is 5.56 Å². The highest BCUT2D eigenvalue weighted by Crippen LogP contribution is 2.26. The zero-order valence-electron chi connectivity index (χ0n) is 10.8. The van der Waals surface area contributed by atoms with E-state index >= 15 is 0 Å². The molecule has 6 nitrogen and oxygen atoms in total. The normalized spacial score (nSPS) is 10.3. The maximum absolute atomic E-state index is 12.2. The highest BCUT2D eigenvalue weighted by Gasteiger charge is 2.13. The third-order valence-electron chi connectivity index (χ3n) is 2.75. The molecule has 1 N–H and O–H groups in total. The van der Waals surface area contributed by atoms with Crippen molar-refractivity contribution in [3.63, 3.8) is 0 Å².